The van der Waals surface area contributed by atoms with E-state index in [0.29, 0.717) is 16.7 Å². The summed E-state index contributed by atoms with van der Waals surface area (Å²) in [5.41, 5.74) is 5.22. The van der Waals surface area contributed by atoms with Crippen LogP contribution < -0.4 is 16.0 Å². The normalized spacial score (nSPS) is 12.6. The second-order valence-electron chi connectivity index (χ2n) is 7.19. The van der Waals surface area contributed by atoms with E-state index in [1.165, 1.54) is 12.1 Å². The van der Waals surface area contributed by atoms with Gasteiger partial charge in [-0.2, -0.15) is 13.2 Å². The second kappa shape index (κ2) is 8.87. The molecule has 0 bridgehead atoms. The molecule has 2 amide bonds. The number of aliphatic hydroxyl groups excluding tert-OH is 1. The lowest BCUT2D eigenvalue weighted by Crippen LogP contribution is -2.46. The Morgan fingerprint density at radius 3 is 2.66 bits per heavy atom. The zero-order valence-corrected chi connectivity index (χ0v) is 17.2. The molecule has 8 nitrogen and oxygen atoms in total. The van der Waals surface area contributed by atoms with Gasteiger partial charge in [0.25, 0.3) is 5.91 Å². The lowest BCUT2D eigenvalue weighted by atomic mass is 10.1. The highest BCUT2D eigenvalue weighted by Crippen LogP contribution is 2.33. The Bertz CT molecular complexity index is 1160. The molecule has 0 saturated heterocycles. The van der Waals surface area contributed by atoms with E-state index in [9.17, 15) is 27.9 Å². The van der Waals surface area contributed by atoms with Crippen molar-refractivity contribution in [3.63, 3.8) is 0 Å². The van der Waals surface area contributed by atoms with E-state index in [1.54, 1.807) is 37.1 Å². The highest BCUT2D eigenvalue weighted by atomic mass is 19.4. The van der Waals surface area contributed by atoms with Crippen LogP contribution in [0.25, 0.3) is 11.0 Å². The number of hydrogen-bond donors (Lipinski definition) is 3. The number of carbonyl (C=O) groups is 2. The van der Waals surface area contributed by atoms with Gasteiger partial charge in [0.1, 0.15) is 23.1 Å². The molecule has 2 heterocycles. The predicted octanol–water partition coefficient (Wildman–Crippen LogP) is 2.37. The number of nitrogens with two attached hydrogens (primary N) is 1. The number of anilines is 1. The van der Waals surface area contributed by atoms with Crippen molar-refractivity contribution >= 4 is 28.5 Å². The molecule has 0 aliphatic carbocycles. The van der Waals surface area contributed by atoms with Crippen molar-refractivity contribution in [3.05, 3.63) is 59.1 Å². The maximum Gasteiger partial charge on any atom is 0.433 e. The van der Waals surface area contributed by atoms with Gasteiger partial charge in [0.05, 0.1) is 12.2 Å². The Morgan fingerprint density at radius 1 is 1.31 bits per heavy atom. The summed E-state index contributed by atoms with van der Waals surface area (Å²) in [6.45, 7) is 0.805. The van der Waals surface area contributed by atoms with Crippen molar-refractivity contribution in [1.82, 2.24) is 10.3 Å². The van der Waals surface area contributed by atoms with Crippen LogP contribution in [-0.2, 0) is 17.5 Å². The third kappa shape index (κ3) is 4.67. The van der Waals surface area contributed by atoms with Crippen LogP contribution in [0.3, 0.4) is 0 Å². The van der Waals surface area contributed by atoms with Gasteiger partial charge in [0.15, 0.2) is 0 Å². The molecule has 2 aromatic heterocycles. The molecule has 0 spiro atoms. The Hall–Kier alpha value is -3.60. The van der Waals surface area contributed by atoms with Gasteiger partial charge < -0.3 is 25.5 Å². The van der Waals surface area contributed by atoms with Crippen molar-refractivity contribution in [3.8, 4) is 0 Å². The molecule has 11 heteroatoms. The molecule has 0 saturated carbocycles. The highest BCUT2D eigenvalue weighted by Gasteiger charge is 2.35. The number of alkyl halides is 3. The van der Waals surface area contributed by atoms with Crippen LogP contribution in [-0.4, -0.2) is 41.6 Å². The number of furan rings is 1. The Kier molecular flexibility index (Phi) is 6.40. The fraction of sp³-hybridized carbons (Fsp3) is 0.286. The molecule has 1 aromatic carbocycles. The van der Waals surface area contributed by atoms with Crippen LogP contribution in [0, 0.1) is 6.92 Å². The van der Waals surface area contributed by atoms with Crippen molar-refractivity contribution in [2.75, 3.05) is 18.6 Å². The summed E-state index contributed by atoms with van der Waals surface area (Å²) < 4.78 is 45.4. The maximum absolute atomic E-state index is 13.3. The van der Waals surface area contributed by atoms with Gasteiger partial charge >= 0.3 is 6.18 Å². The second-order valence-corrected chi connectivity index (χ2v) is 7.19. The quantitative estimate of drug-likeness (QED) is 0.508. The number of primary amides is 1. The topological polar surface area (TPSA) is 122 Å². The van der Waals surface area contributed by atoms with E-state index in [0.717, 1.165) is 6.20 Å². The summed E-state index contributed by atoms with van der Waals surface area (Å²) in [4.78, 5) is 29.1. The minimum atomic E-state index is -4.59. The fourth-order valence-electron chi connectivity index (χ4n) is 3.33. The first-order chi connectivity index (χ1) is 15.0. The Balaban J connectivity index is 1.94. The molecular weight excluding hydrogens is 429 g/mol. The van der Waals surface area contributed by atoms with E-state index in [1.807, 2.05) is 0 Å². The molecular formula is C21H21F3N4O4. The van der Waals surface area contributed by atoms with E-state index in [2.05, 4.69) is 10.3 Å². The van der Waals surface area contributed by atoms with Crippen molar-refractivity contribution in [2.24, 2.45) is 5.73 Å². The molecule has 4 N–H and O–H groups in total. The first kappa shape index (κ1) is 23.1. The van der Waals surface area contributed by atoms with E-state index in [4.69, 9.17) is 10.2 Å². The number of amides is 2. The lowest BCUT2D eigenvalue weighted by Gasteiger charge is -2.21. The summed E-state index contributed by atoms with van der Waals surface area (Å²) in [7, 11) is 1.61. The number of fused-ring (bicyclic) bond motifs is 1. The SMILES string of the molecule is Cc1oc2ccc(N(C)Cc3cccnc3C(F)(F)F)cc2c1C(=O)N[C@@H](CO)C(N)=O. The predicted molar refractivity (Wildman–Crippen MR) is 110 cm³/mol. The number of aromatic nitrogens is 1. The monoisotopic (exact) mass is 450 g/mol. The van der Waals surface area contributed by atoms with Crippen molar-refractivity contribution in [1.29, 1.82) is 0 Å². The lowest BCUT2D eigenvalue weighted by molar-refractivity contribution is -0.141. The molecule has 0 aliphatic rings. The Labute approximate surface area is 180 Å². The van der Waals surface area contributed by atoms with Gasteiger partial charge in [0, 0.05) is 36.4 Å². The third-order valence-electron chi connectivity index (χ3n) is 4.91. The van der Waals surface area contributed by atoms with Crippen LogP contribution in [0.15, 0.2) is 40.9 Å². The van der Waals surface area contributed by atoms with Gasteiger partial charge in [-0.15, -0.1) is 0 Å². The van der Waals surface area contributed by atoms with Crippen LogP contribution in [0.4, 0.5) is 18.9 Å². The van der Waals surface area contributed by atoms with E-state index in [-0.39, 0.29) is 23.4 Å². The number of nitrogens with zero attached hydrogens (tertiary/aromatic N) is 2. The first-order valence-electron chi connectivity index (χ1n) is 9.49. The summed E-state index contributed by atoms with van der Waals surface area (Å²) in [5, 5.41) is 12.0. The van der Waals surface area contributed by atoms with Crippen LogP contribution in [0.1, 0.15) is 27.4 Å². The molecule has 0 radical (unpaired) electrons. The minimum absolute atomic E-state index is 0.00353. The zero-order valence-electron chi connectivity index (χ0n) is 17.2. The largest absolute Gasteiger partial charge is 0.461 e. The van der Waals surface area contributed by atoms with Crippen LogP contribution >= 0.6 is 0 Å². The number of aliphatic hydroxyl groups is 1. The molecule has 0 aliphatic heterocycles. The molecule has 0 fully saturated rings. The van der Waals surface area contributed by atoms with Gasteiger partial charge in [-0.05, 0) is 31.2 Å². The molecule has 32 heavy (non-hydrogen) atoms. The molecule has 3 aromatic rings. The number of nitrogens with one attached hydrogen (secondary N) is 1. The molecule has 0 unspecified atom stereocenters. The minimum Gasteiger partial charge on any atom is -0.461 e. The standard InChI is InChI=1S/C21H21F3N4O4/c1-11-17(20(31)27-15(10-29)19(25)30)14-8-13(5-6-16(14)32-11)28(2)9-12-4-3-7-26-18(12)21(22,23)24/h3-8,15,29H,9-10H2,1-2H3,(H2,25,30)(H,27,31)/t15-/m0/s1. The summed E-state index contributed by atoms with van der Waals surface area (Å²) >= 11 is 0. The first-order valence-corrected chi connectivity index (χ1v) is 9.49. The number of carbonyl (C=O) groups excluding carboxylic acids is 2. The van der Waals surface area contributed by atoms with Gasteiger partial charge in [-0.25, -0.2) is 0 Å². The average Bonchev–Trinajstić information content (AvgIpc) is 3.06. The maximum atomic E-state index is 13.3. The van der Waals surface area contributed by atoms with E-state index < -0.39 is 36.3 Å². The van der Waals surface area contributed by atoms with E-state index >= 15 is 0 Å². The number of rotatable bonds is 7. The smallest absolute Gasteiger partial charge is 0.433 e. The summed E-state index contributed by atoms with van der Waals surface area (Å²) in [5.74, 6) is -1.31. The average molecular weight is 450 g/mol. The number of halogens is 3. The molecule has 1 atom stereocenters. The van der Waals surface area contributed by atoms with Crippen molar-refractivity contribution in [2.45, 2.75) is 25.7 Å². The van der Waals surface area contributed by atoms with Gasteiger partial charge in [-0.3, -0.25) is 14.6 Å². The summed E-state index contributed by atoms with van der Waals surface area (Å²) in [6.07, 6.45) is -3.50. The zero-order chi connectivity index (χ0) is 23.6. The molecule has 3 rings (SSSR count). The van der Waals surface area contributed by atoms with Gasteiger partial charge in [-0.1, -0.05) is 6.07 Å². The number of aryl methyl sites for hydroxylation is 1. The number of pyridine rings is 1. The molecule has 170 valence electrons. The highest BCUT2D eigenvalue weighted by molar-refractivity contribution is 6.09. The summed E-state index contributed by atoms with van der Waals surface area (Å²) in [6, 6.07) is 6.35. The Morgan fingerprint density at radius 2 is 2.03 bits per heavy atom. The van der Waals surface area contributed by atoms with Crippen molar-refractivity contribution < 1.29 is 32.3 Å². The third-order valence-corrected chi connectivity index (χ3v) is 4.91. The van der Waals surface area contributed by atoms with Crippen LogP contribution in [0.5, 0.6) is 0 Å². The number of hydrogen-bond acceptors (Lipinski definition) is 6. The van der Waals surface area contributed by atoms with Crippen LogP contribution in [0.2, 0.25) is 0 Å². The van der Waals surface area contributed by atoms with Gasteiger partial charge in [0.2, 0.25) is 5.91 Å². The fourth-order valence-corrected chi connectivity index (χ4v) is 3.33. The number of benzene rings is 1.